The molecule has 2 fully saturated rings. The topological polar surface area (TPSA) is 73.4 Å². The lowest BCUT2D eigenvalue weighted by Crippen LogP contribution is -2.39. The molecule has 2 saturated carbocycles. The van der Waals surface area contributed by atoms with E-state index in [2.05, 4.69) is 9.88 Å². The largest absolute Gasteiger partial charge is 0.444 e. The molecule has 4 rings (SSSR count). The number of hydrogen-bond acceptors (Lipinski definition) is 5. The monoisotopic (exact) mass is 376 g/mol. The third kappa shape index (κ3) is 4.62. The van der Waals surface area contributed by atoms with Crippen molar-refractivity contribution in [1.29, 1.82) is 0 Å². The quantitative estimate of drug-likeness (QED) is 0.589. The second-order valence-electron chi connectivity index (χ2n) is 8.67. The average molecular weight is 377 g/mol. The van der Waals surface area contributed by atoms with Gasteiger partial charge in [-0.15, -0.1) is 0 Å². The lowest BCUT2D eigenvalue weighted by Gasteiger charge is -2.38. The van der Waals surface area contributed by atoms with E-state index in [1.165, 1.54) is 64.0 Å². The lowest BCUT2D eigenvalue weighted by atomic mass is 9.70. The number of rotatable bonds is 4. The van der Waals surface area contributed by atoms with Gasteiger partial charge in [0.05, 0.1) is 0 Å². The summed E-state index contributed by atoms with van der Waals surface area (Å²) in [6.45, 7) is 4.18. The standard InChI is InChI=1S/C20H32N4O3/c25-24(26)19-15-23-10-9-22(11-12-27-20(23)21-19)14-16-5-4-8-18(13-16)17-6-2-1-3-7-17/h15-18H,1-14H2. The molecule has 3 aliphatic rings. The van der Waals surface area contributed by atoms with Crippen molar-refractivity contribution >= 4 is 5.82 Å². The molecule has 7 nitrogen and oxygen atoms in total. The third-order valence-corrected chi connectivity index (χ3v) is 6.87. The van der Waals surface area contributed by atoms with Gasteiger partial charge in [-0.2, -0.15) is 0 Å². The Morgan fingerprint density at radius 3 is 2.70 bits per heavy atom. The van der Waals surface area contributed by atoms with E-state index in [0.29, 0.717) is 19.2 Å². The fourth-order valence-corrected chi connectivity index (χ4v) is 5.46. The predicted octanol–water partition coefficient (Wildman–Crippen LogP) is 3.87. The van der Waals surface area contributed by atoms with E-state index in [4.69, 9.17) is 4.74 Å². The highest BCUT2D eigenvalue weighted by Gasteiger charge is 2.30. The first-order chi connectivity index (χ1) is 13.2. The van der Waals surface area contributed by atoms with Crippen LogP contribution < -0.4 is 4.74 Å². The summed E-state index contributed by atoms with van der Waals surface area (Å²) < 4.78 is 7.49. The first-order valence-electron chi connectivity index (χ1n) is 10.8. The van der Waals surface area contributed by atoms with Crippen molar-refractivity contribution in [3.63, 3.8) is 0 Å². The van der Waals surface area contributed by atoms with Crippen molar-refractivity contribution in [3.05, 3.63) is 16.3 Å². The van der Waals surface area contributed by atoms with Crippen LogP contribution in [0.5, 0.6) is 6.01 Å². The average Bonchev–Trinajstić information content (AvgIpc) is 3.08. The van der Waals surface area contributed by atoms with E-state index in [1.807, 2.05) is 0 Å². The van der Waals surface area contributed by atoms with E-state index < -0.39 is 4.92 Å². The highest BCUT2D eigenvalue weighted by atomic mass is 16.6. The first kappa shape index (κ1) is 18.7. The molecule has 1 aliphatic heterocycles. The van der Waals surface area contributed by atoms with Crippen LogP contribution in [0.1, 0.15) is 57.8 Å². The smallest absolute Gasteiger partial charge is 0.414 e. The number of fused-ring (bicyclic) bond motifs is 1. The number of nitro groups is 1. The Hall–Kier alpha value is -1.63. The highest BCUT2D eigenvalue weighted by Crippen LogP contribution is 2.40. The molecule has 0 saturated heterocycles. The van der Waals surface area contributed by atoms with Crippen LogP contribution in [0.3, 0.4) is 0 Å². The molecular weight excluding hydrogens is 344 g/mol. The van der Waals surface area contributed by atoms with Gasteiger partial charge in [-0.05, 0) is 35.5 Å². The molecule has 0 N–H and O–H groups in total. The van der Waals surface area contributed by atoms with Gasteiger partial charge in [-0.25, -0.2) is 0 Å². The Kier molecular flexibility index (Phi) is 5.95. The number of aromatic nitrogens is 2. The SMILES string of the molecule is O=[N+]([O-])c1cn2c(n1)OCCN(CC1CCCC(C3CCCCC3)C1)CC2. The maximum Gasteiger partial charge on any atom is 0.414 e. The van der Waals surface area contributed by atoms with Crippen molar-refractivity contribution in [3.8, 4) is 6.01 Å². The summed E-state index contributed by atoms with van der Waals surface area (Å²) >= 11 is 0. The van der Waals surface area contributed by atoms with Crippen LogP contribution in [-0.4, -0.2) is 45.6 Å². The fourth-order valence-electron chi connectivity index (χ4n) is 5.46. The number of imidazole rings is 1. The summed E-state index contributed by atoms with van der Waals surface area (Å²) in [6.07, 6.45) is 14.3. The molecule has 2 heterocycles. The van der Waals surface area contributed by atoms with Crippen LogP contribution in [0.4, 0.5) is 5.82 Å². The molecule has 7 heteroatoms. The maximum atomic E-state index is 10.9. The second kappa shape index (κ2) is 8.59. The minimum Gasteiger partial charge on any atom is -0.444 e. The van der Waals surface area contributed by atoms with Gasteiger partial charge < -0.3 is 14.9 Å². The molecule has 27 heavy (non-hydrogen) atoms. The van der Waals surface area contributed by atoms with Crippen molar-refractivity contribution < 1.29 is 9.66 Å². The van der Waals surface area contributed by atoms with Gasteiger partial charge in [0, 0.05) is 31.2 Å². The molecule has 2 atom stereocenters. The summed E-state index contributed by atoms with van der Waals surface area (Å²) in [6, 6.07) is 0.386. The zero-order valence-corrected chi connectivity index (χ0v) is 16.2. The Morgan fingerprint density at radius 2 is 1.89 bits per heavy atom. The van der Waals surface area contributed by atoms with Crippen LogP contribution in [0.25, 0.3) is 0 Å². The molecule has 2 aliphatic carbocycles. The van der Waals surface area contributed by atoms with Crippen molar-refractivity contribution in [2.75, 3.05) is 26.2 Å². The highest BCUT2D eigenvalue weighted by molar-refractivity contribution is 5.20. The number of hydrogen-bond donors (Lipinski definition) is 0. The molecule has 150 valence electrons. The minimum atomic E-state index is -0.452. The van der Waals surface area contributed by atoms with Crippen LogP contribution >= 0.6 is 0 Å². The second-order valence-corrected chi connectivity index (χ2v) is 8.67. The molecule has 1 aromatic heterocycles. The molecule has 0 aromatic carbocycles. The summed E-state index contributed by atoms with van der Waals surface area (Å²) in [7, 11) is 0. The van der Waals surface area contributed by atoms with Crippen molar-refractivity contribution in [2.24, 2.45) is 17.8 Å². The number of nitrogens with zero attached hydrogens (tertiary/aromatic N) is 4. The molecule has 2 unspecified atom stereocenters. The van der Waals surface area contributed by atoms with Gasteiger partial charge in [0.15, 0.2) is 0 Å². The Bertz CT molecular complexity index is 641. The molecular formula is C20H32N4O3. The van der Waals surface area contributed by atoms with Gasteiger partial charge in [0.2, 0.25) is 0 Å². The van der Waals surface area contributed by atoms with Gasteiger partial charge in [0.1, 0.15) is 12.8 Å². The van der Waals surface area contributed by atoms with Gasteiger partial charge in [-0.1, -0.05) is 44.9 Å². The Morgan fingerprint density at radius 1 is 1.07 bits per heavy atom. The van der Waals surface area contributed by atoms with Crippen molar-refractivity contribution in [2.45, 2.75) is 64.3 Å². The predicted molar refractivity (Wildman–Crippen MR) is 103 cm³/mol. The van der Waals surface area contributed by atoms with Crippen molar-refractivity contribution in [1.82, 2.24) is 14.5 Å². The van der Waals surface area contributed by atoms with Crippen LogP contribution in [0.2, 0.25) is 0 Å². The van der Waals surface area contributed by atoms with E-state index in [0.717, 1.165) is 37.4 Å². The van der Waals surface area contributed by atoms with Gasteiger partial charge in [0.25, 0.3) is 0 Å². The van der Waals surface area contributed by atoms with E-state index >= 15 is 0 Å². The van der Waals surface area contributed by atoms with E-state index in [9.17, 15) is 10.1 Å². The van der Waals surface area contributed by atoms with Gasteiger partial charge >= 0.3 is 11.8 Å². The zero-order valence-electron chi connectivity index (χ0n) is 16.2. The summed E-state index contributed by atoms with van der Waals surface area (Å²) in [4.78, 5) is 17.0. The van der Waals surface area contributed by atoms with Crippen LogP contribution in [0.15, 0.2) is 6.20 Å². The molecule has 0 bridgehead atoms. The van der Waals surface area contributed by atoms with Crippen LogP contribution in [0, 0.1) is 27.9 Å². The van der Waals surface area contributed by atoms with Gasteiger partial charge in [-0.3, -0.25) is 9.47 Å². The molecule has 0 spiro atoms. The lowest BCUT2D eigenvalue weighted by molar-refractivity contribution is -0.389. The zero-order chi connectivity index (χ0) is 18.6. The first-order valence-corrected chi connectivity index (χ1v) is 10.8. The molecule has 0 amide bonds. The summed E-state index contributed by atoms with van der Waals surface area (Å²) in [5.41, 5.74) is 0. The normalized spacial score (nSPS) is 28.0. The summed E-state index contributed by atoms with van der Waals surface area (Å²) in [5.74, 6) is 2.59. The summed E-state index contributed by atoms with van der Waals surface area (Å²) in [5, 5.41) is 10.9. The number of ether oxygens (including phenoxy) is 1. The third-order valence-electron chi connectivity index (χ3n) is 6.87. The minimum absolute atomic E-state index is 0.124. The fraction of sp³-hybridized carbons (Fsp3) is 0.850. The van der Waals surface area contributed by atoms with E-state index in [-0.39, 0.29) is 5.82 Å². The molecule has 0 radical (unpaired) electrons. The Labute approximate surface area is 161 Å². The maximum absolute atomic E-state index is 10.9. The van der Waals surface area contributed by atoms with Crippen LogP contribution in [-0.2, 0) is 6.54 Å². The molecule has 1 aromatic rings. The van der Waals surface area contributed by atoms with E-state index in [1.54, 1.807) is 4.57 Å². The Balaban J connectivity index is 1.32.